The first-order chi connectivity index (χ1) is 8.69. The van der Waals surface area contributed by atoms with E-state index in [1.165, 1.54) is 0 Å². The molecule has 18 heavy (non-hydrogen) atoms. The standard InChI is InChI=1S/C11H11ClN4O2/c12-6-5-9-15-16-11(18-9)14-8-3-1-7(2-4-8)10(13)17/h1-4H,5-6H2,(H2,13,17)(H,14,16). The van der Waals surface area contributed by atoms with Gasteiger partial charge in [-0.15, -0.1) is 16.7 Å². The number of carbonyl (C=O) groups is 1. The maximum atomic E-state index is 10.9. The van der Waals surface area contributed by atoms with E-state index in [-0.39, 0.29) is 6.01 Å². The summed E-state index contributed by atoms with van der Waals surface area (Å²) >= 11 is 5.56. The van der Waals surface area contributed by atoms with Gasteiger partial charge in [-0.1, -0.05) is 5.10 Å². The van der Waals surface area contributed by atoms with Crippen LogP contribution in [0, 0.1) is 0 Å². The quantitative estimate of drug-likeness (QED) is 0.803. The highest BCUT2D eigenvalue weighted by molar-refractivity contribution is 6.17. The Morgan fingerprint density at radius 3 is 2.67 bits per heavy atom. The van der Waals surface area contributed by atoms with Crippen molar-refractivity contribution in [2.24, 2.45) is 5.73 Å². The van der Waals surface area contributed by atoms with Crippen LogP contribution in [0.4, 0.5) is 11.7 Å². The van der Waals surface area contributed by atoms with Crippen LogP contribution in [0.2, 0.25) is 0 Å². The van der Waals surface area contributed by atoms with Gasteiger partial charge in [0.25, 0.3) is 0 Å². The normalized spacial score (nSPS) is 10.3. The van der Waals surface area contributed by atoms with Crippen molar-refractivity contribution >= 4 is 29.2 Å². The largest absolute Gasteiger partial charge is 0.408 e. The molecule has 0 saturated heterocycles. The average molecular weight is 267 g/mol. The number of aryl methyl sites for hydroxylation is 1. The second-order valence-corrected chi connectivity index (χ2v) is 3.88. The van der Waals surface area contributed by atoms with Crippen LogP contribution < -0.4 is 11.1 Å². The monoisotopic (exact) mass is 266 g/mol. The van der Waals surface area contributed by atoms with Crippen LogP contribution in [-0.2, 0) is 6.42 Å². The number of nitrogens with two attached hydrogens (primary N) is 1. The topological polar surface area (TPSA) is 94.0 Å². The Balaban J connectivity index is 2.06. The van der Waals surface area contributed by atoms with Gasteiger partial charge in [0, 0.05) is 23.6 Å². The highest BCUT2D eigenvalue weighted by Gasteiger charge is 2.06. The fourth-order valence-corrected chi connectivity index (χ4v) is 1.49. The third kappa shape index (κ3) is 2.98. The molecular formula is C11H11ClN4O2. The van der Waals surface area contributed by atoms with Gasteiger partial charge >= 0.3 is 6.01 Å². The zero-order chi connectivity index (χ0) is 13.0. The van der Waals surface area contributed by atoms with E-state index >= 15 is 0 Å². The van der Waals surface area contributed by atoms with E-state index in [1.54, 1.807) is 24.3 Å². The van der Waals surface area contributed by atoms with Crippen molar-refractivity contribution in [1.29, 1.82) is 0 Å². The number of aromatic nitrogens is 2. The maximum absolute atomic E-state index is 10.9. The molecule has 0 spiro atoms. The summed E-state index contributed by atoms with van der Waals surface area (Å²) in [4.78, 5) is 10.9. The van der Waals surface area contributed by atoms with Crippen molar-refractivity contribution in [3.8, 4) is 0 Å². The van der Waals surface area contributed by atoms with Crippen molar-refractivity contribution in [2.45, 2.75) is 6.42 Å². The van der Waals surface area contributed by atoms with Crippen LogP contribution in [0.1, 0.15) is 16.2 Å². The van der Waals surface area contributed by atoms with Gasteiger partial charge < -0.3 is 15.5 Å². The Morgan fingerprint density at radius 2 is 2.06 bits per heavy atom. The molecule has 94 valence electrons. The molecule has 0 aliphatic carbocycles. The van der Waals surface area contributed by atoms with Gasteiger partial charge in [-0.2, -0.15) is 0 Å². The molecule has 0 fully saturated rings. The van der Waals surface area contributed by atoms with Crippen molar-refractivity contribution in [3.05, 3.63) is 35.7 Å². The van der Waals surface area contributed by atoms with E-state index in [2.05, 4.69) is 15.5 Å². The predicted octanol–water partition coefficient (Wildman–Crippen LogP) is 1.69. The minimum absolute atomic E-state index is 0.280. The smallest absolute Gasteiger partial charge is 0.320 e. The summed E-state index contributed by atoms with van der Waals surface area (Å²) in [5.41, 5.74) is 6.30. The first-order valence-corrected chi connectivity index (χ1v) is 5.77. The van der Waals surface area contributed by atoms with E-state index in [0.717, 1.165) is 5.69 Å². The third-order valence-corrected chi connectivity index (χ3v) is 2.38. The van der Waals surface area contributed by atoms with E-state index in [4.69, 9.17) is 21.8 Å². The molecule has 0 bridgehead atoms. The highest BCUT2D eigenvalue weighted by Crippen LogP contribution is 2.16. The molecule has 0 aliphatic rings. The molecule has 1 amide bonds. The molecule has 0 saturated carbocycles. The lowest BCUT2D eigenvalue weighted by atomic mass is 10.2. The maximum Gasteiger partial charge on any atom is 0.320 e. The number of primary amides is 1. The lowest BCUT2D eigenvalue weighted by Crippen LogP contribution is -2.10. The summed E-state index contributed by atoms with van der Waals surface area (Å²) in [6.45, 7) is 0. The summed E-state index contributed by atoms with van der Waals surface area (Å²) < 4.78 is 5.30. The van der Waals surface area contributed by atoms with Gasteiger partial charge in [0.05, 0.1) is 0 Å². The predicted molar refractivity (Wildman–Crippen MR) is 67.0 cm³/mol. The number of rotatable bonds is 5. The second-order valence-electron chi connectivity index (χ2n) is 3.51. The number of anilines is 2. The van der Waals surface area contributed by atoms with Crippen molar-refractivity contribution in [3.63, 3.8) is 0 Å². The molecule has 7 heteroatoms. The summed E-state index contributed by atoms with van der Waals surface area (Å²) in [5.74, 6) is 0.430. The van der Waals surface area contributed by atoms with Crippen molar-refractivity contribution in [2.75, 3.05) is 11.2 Å². The molecule has 1 aromatic carbocycles. The molecule has 1 heterocycles. The van der Waals surface area contributed by atoms with Crippen LogP contribution in [0.5, 0.6) is 0 Å². The molecule has 2 aromatic rings. The Labute approximate surface area is 108 Å². The van der Waals surface area contributed by atoms with Gasteiger partial charge in [0.15, 0.2) is 0 Å². The number of hydrogen-bond donors (Lipinski definition) is 2. The minimum atomic E-state index is -0.469. The number of halogens is 1. The molecule has 0 atom stereocenters. The van der Waals surface area contributed by atoms with Crippen molar-refractivity contribution < 1.29 is 9.21 Å². The van der Waals surface area contributed by atoms with Crippen molar-refractivity contribution in [1.82, 2.24) is 10.2 Å². The number of carbonyl (C=O) groups excluding carboxylic acids is 1. The molecule has 1 aromatic heterocycles. The third-order valence-electron chi connectivity index (χ3n) is 2.20. The Kier molecular flexibility index (Phi) is 3.78. The summed E-state index contributed by atoms with van der Waals surface area (Å²) in [6.07, 6.45) is 0.525. The first kappa shape index (κ1) is 12.4. The van der Waals surface area contributed by atoms with Gasteiger partial charge in [0.2, 0.25) is 11.8 Å². The lowest BCUT2D eigenvalue weighted by Gasteiger charge is -2.01. The van der Waals surface area contributed by atoms with Crippen LogP contribution in [0.25, 0.3) is 0 Å². The number of nitrogens with zero attached hydrogens (tertiary/aromatic N) is 2. The van der Waals surface area contributed by atoms with E-state index in [1.807, 2.05) is 0 Å². The molecule has 0 unspecified atom stereocenters. The van der Waals surface area contributed by atoms with E-state index in [9.17, 15) is 4.79 Å². The Bertz CT molecular complexity index is 538. The molecule has 0 aliphatic heterocycles. The fourth-order valence-electron chi connectivity index (χ4n) is 1.33. The highest BCUT2D eigenvalue weighted by atomic mass is 35.5. The van der Waals surface area contributed by atoms with Crippen LogP contribution in [-0.4, -0.2) is 22.0 Å². The average Bonchev–Trinajstić information content (AvgIpc) is 2.78. The van der Waals surface area contributed by atoms with E-state index < -0.39 is 5.91 Å². The number of alkyl halides is 1. The second kappa shape index (κ2) is 5.50. The van der Waals surface area contributed by atoms with E-state index in [0.29, 0.717) is 23.8 Å². The summed E-state index contributed by atoms with van der Waals surface area (Å²) in [6, 6.07) is 6.90. The Morgan fingerprint density at radius 1 is 1.33 bits per heavy atom. The van der Waals surface area contributed by atoms with Crippen LogP contribution in [0.3, 0.4) is 0 Å². The number of hydrogen-bond acceptors (Lipinski definition) is 5. The lowest BCUT2D eigenvalue weighted by molar-refractivity contribution is 0.100. The van der Waals surface area contributed by atoms with Gasteiger partial charge in [-0.3, -0.25) is 4.79 Å². The zero-order valence-electron chi connectivity index (χ0n) is 9.39. The molecule has 6 nitrogen and oxygen atoms in total. The number of nitrogens with one attached hydrogen (secondary N) is 1. The van der Waals surface area contributed by atoms with Crippen LogP contribution >= 0.6 is 11.6 Å². The Hall–Kier alpha value is -2.08. The minimum Gasteiger partial charge on any atom is -0.408 e. The molecule has 3 N–H and O–H groups in total. The number of amides is 1. The van der Waals surface area contributed by atoms with Gasteiger partial charge in [0.1, 0.15) is 0 Å². The summed E-state index contributed by atoms with van der Waals surface area (Å²) in [7, 11) is 0. The summed E-state index contributed by atoms with van der Waals surface area (Å²) in [5, 5.41) is 10.5. The number of benzene rings is 1. The molecule has 0 radical (unpaired) electrons. The zero-order valence-corrected chi connectivity index (χ0v) is 10.1. The van der Waals surface area contributed by atoms with Crippen LogP contribution in [0.15, 0.2) is 28.7 Å². The fraction of sp³-hybridized carbons (Fsp3) is 0.182. The van der Waals surface area contributed by atoms with Gasteiger partial charge in [-0.25, -0.2) is 0 Å². The molecule has 2 rings (SSSR count). The first-order valence-electron chi connectivity index (χ1n) is 5.24. The SMILES string of the molecule is NC(=O)c1ccc(Nc2nnc(CCCl)o2)cc1. The molecular weight excluding hydrogens is 256 g/mol. The van der Waals surface area contributed by atoms with Gasteiger partial charge in [-0.05, 0) is 24.3 Å².